The summed E-state index contributed by atoms with van der Waals surface area (Å²) in [5.74, 6) is 0.771. The van der Waals surface area contributed by atoms with E-state index in [1.165, 1.54) is 11.8 Å². The zero-order chi connectivity index (χ0) is 13.7. The maximum Gasteiger partial charge on any atom is 0.189 e. The third-order valence-corrected chi connectivity index (χ3v) is 3.24. The highest BCUT2D eigenvalue weighted by molar-refractivity contribution is 7.98. The van der Waals surface area contributed by atoms with E-state index >= 15 is 0 Å². The largest absolute Gasteiger partial charge is 0.340 e. The lowest BCUT2D eigenvalue weighted by Crippen LogP contribution is -1.97. The van der Waals surface area contributed by atoms with E-state index in [0.29, 0.717) is 5.02 Å². The molecular weight excluding hydrogens is 278 g/mol. The maximum absolute atomic E-state index is 6.01. The Kier molecular flexibility index (Phi) is 4.82. The van der Waals surface area contributed by atoms with Crippen LogP contribution in [-0.4, -0.2) is 16.2 Å². The Morgan fingerprint density at radius 1 is 1.32 bits per heavy atom. The molecule has 0 fully saturated rings. The summed E-state index contributed by atoms with van der Waals surface area (Å²) >= 11 is 7.53. The summed E-state index contributed by atoms with van der Waals surface area (Å²) in [4.78, 5) is 8.54. The second-order valence-electron chi connectivity index (χ2n) is 3.79. The van der Waals surface area contributed by atoms with Crippen molar-refractivity contribution in [3.05, 3.63) is 47.1 Å². The molecule has 1 aromatic heterocycles. The van der Waals surface area contributed by atoms with Crippen LogP contribution >= 0.6 is 23.4 Å². The molecule has 19 heavy (non-hydrogen) atoms. The van der Waals surface area contributed by atoms with Gasteiger partial charge in [-0.3, -0.25) is 0 Å². The van der Waals surface area contributed by atoms with E-state index in [1.807, 2.05) is 49.6 Å². The first kappa shape index (κ1) is 13.9. The van der Waals surface area contributed by atoms with Gasteiger partial charge in [0.05, 0.1) is 0 Å². The van der Waals surface area contributed by atoms with Crippen molar-refractivity contribution in [1.29, 1.82) is 0 Å². The molecule has 0 aliphatic carbocycles. The molecule has 0 saturated heterocycles. The van der Waals surface area contributed by atoms with Crippen LogP contribution in [0.2, 0.25) is 5.02 Å². The van der Waals surface area contributed by atoms with E-state index in [-0.39, 0.29) is 0 Å². The van der Waals surface area contributed by atoms with Crippen LogP contribution in [0, 0.1) is 0 Å². The molecule has 1 heterocycles. The van der Waals surface area contributed by atoms with Crippen LogP contribution < -0.4 is 5.32 Å². The molecule has 0 saturated carbocycles. The van der Waals surface area contributed by atoms with E-state index in [4.69, 9.17) is 11.6 Å². The second-order valence-corrected chi connectivity index (χ2v) is 4.99. The number of rotatable bonds is 4. The minimum atomic E-state index is 0.714. The third-order valence-electron chi connectivity index (χ3n) is 2.44. The molecule has 5 heteroatoms. The number of hydrogen-bond donors (Lipinski definition) is 1. The normalized spacial score (nSPS) is 10.9. The van der Waals surface area contributed by atoms with Gasteiger partial charge in [0.2, 0.25) is 0 Å². The van der Waals surface area contributed by atoms with E-state index in [2.05, 4.69) is 15.3 Å². The van der Waals surface area contributed by atoms with Gasteiger partial charge in [-0.2, -0.15) is 0 Å². The summed E-state index contributed by atoms with van der Waals surface area (Å²) in [6.07, 6.45) is 7.67. The number of hydrogen-bond acceptors (Lipinski definition) is 4. The number of nitrogens with zero attached hydrogens (tertiary/aromatic N) is 2. The molecule has 0 aliphatic rings. The Morgan fingerprint density at radius 2 is 2.16 bits per heavy atom. The lowest BCUT2D eigenvalue weighted by molar-refractivity contribution is 0.975. The lowest BCUT2D eigenvalue weighted by atomic mass is 10.1. The van der Waals surface area contributed by atoms with Gasteiger partial charge in [-0.25, -0.2) is 9.97 Å². The number of anilines is 2. The van der Waals surface area contributed by atoms with Crippen molar-refractivity contribution in [2.24, 2.45) is 0 Å². The van der Waals surface area contributed by atoms with Gasteiger partial charge in [-0.1, -0.05) is 35.5 Å². The maximum atomic E-state index is 6.01. The van der Waals surface area contributed by atoms with Crippen molar-refractivity contribution in [1.82, 2.24) is 9.97 Å². The molecule has 0 atom stereocenters. The summed E-state index contributed by atoms with van der Waals surface area (Å²) in [6, 6.07) is 7.56. The average Bonchev–Trinajstić information content (AvgIpc) is 2.42. The highest BCUT2D eigenvalue weighted by atomic mass is 35.5. The number of aromatic nitrogens is 2. The number of thioether (sulfide) groups is 1. The van der Waals surface area contributed by atoms with E-state index < -0.39 is 0 Å². The Morgan fingerprint density at radius 3 is 2.89 bits per heavy atom. The van der Waals surface area contributed by atoms with Crippen LogP contribution in [0.15, 0.2) is 41.7 Å². The quantitative estimate of drug-likeness (QED) is 0.658. The van der Waals surface area contributed by atoms with Gasteiger partial charge < -0.3 is 5.32 Å². The van der Waals surface area contributed by atoms with Crippen LogP contribution in [0.1, 0.15) is 12.5 Å². The zero-order valence-corrected chi connectivity index (χ0v) is 12.3. The van der Waals surface area contributed by atoms with E-state index in [0.717, 1.165) is 22.2 Å². The minimum Gasteiger partial charge on any atom is -0.340 e. The molecule has 1 aromatic carbocycles. The van der Waals surface area contributed by atoms with Crippen molar-refractivity contribution < 1.29 is 0 Å². The molecule has 0 spiro atoms. The van der Waals surface area contributed by atoms with Gasteiger partial charge >= 0.3 is 0 Å². The van der Waals surface area contributed by atoms with Gasteiger partial charge in [0.25, 0.3) is 0 Å². The van der Waals surface area contributed by atoms with Crippen molar-refractivity contribution in [3.8, 4) is 0 Å². The first-order chi connectivity index (χ1) is 9.22. The van der Waals surface area contributed by atoms with E-state index in [9.17, 15) is 0 Å². The fourth-order valence-electron chi connectivity index (χ4n) is 1.61. The Bertz CT molecular complexity index is 599. The minimum absolute atomic E-state index is 0.714. The van der Waals surface area contributed by atoms with Crippen LogP contribution in [0.25, 0.3) is 6.08 Å². The molecule has 0 amide bonds. The predicted molar refractivity (Wildman–Crippen MR) is 83.3 cm³/mol. The van der Waals surface area contributed by atoms with Crippen molar-refractivity contribution in [2.75, 3.05) is 11.6 Å². The van der Waals surface area contributed by atoms with Gasteiger partial charge in [-0.05, 0) is 43.0 Å². The number of benzene rings is 1. The van der Waals surface area contributed by atoms with Gasteiger partial charge in [0, 0.05) is 16.9 Å². The molecule has 0 radical (unpaired) electrons. The summed E-state index contributed by atoms with van der Waals surface area (Å²) in [7, 11) is 0. The monoisotopic (exact) mass is 291 g/mol. The summed E-state index contributed by atoms with van der Waals surface area (Å²) in [5, 5.41) is 4.74. The average molecular weight is 292 g/mol. The molecule has 98 valence electrons. The molecule has 0 aliphatic heterocycles. The molecule has 0 bridgehead atoms. The van der Waals surface area contributed by atoms with Crippen LogP contribution in [0.3, 0.4) is 0 Å². The van der Waals surface area contributed by atoms with Crippen LogP contribution in [0.4, 0.5) is 11.5 Å². The highest BCUT2D eigenvalue weighted by Gasteiger charge is 2.03. The van der Waals surface area contributed by atoms with Crippen LogP contribution in [0.5, 0.6) is 0 Å². The SMILES string of the molecule is CC=Cc1cc(Cl)ccc1Nc1ccnc(SC)n1. The van der Waals surface area contributed by atoms with Crippen molar-refractivity contribution in [2.45, 2.75) is 12.1 Å². The van der Waals surface area contributed by atoms with Crippen molar-refractivity contribution >= 4 is 40.9 Å². The van der Waals surface area contributed by atoms with Gasteiger partial charge in [-0.15, -0.1) is 0 Å². The molecule has 3 nitrogen and oxygen atoms in total. The van der Waals surface area contributed by atoms with Crippen molar-refractivity contribution in [3.63, 3.8) is 0 Å². The number of nitrogens with one attached hydrogen (secondary N) is 1. The fraction of sp³-hybridized carbons (Fsp3) is 0.143. The first-order valence-corrected chi connectivity index (χ1v) is 7.39. The van der Waals surface area contributed by atoms with E-state index in [1.54, 1.807) is 6.20 Å². The summed E-state index contributed by atoms with van der Waals surface area (Å²) in [5.41, 5.74) is 1.99. The summed E-state index contributed by atoms with van der Waals surface area (Å²) in [6.45, 7) is 1.97. The Balaban J connectivity index is 2.31. The molecule has 2 rings (SSSR count). The Hall–Kier alpha value is -1.52. The standard InChI is InChI=1S/C14H14ClN3S/c1-3-4-10-9-11(15)5-6-12(10)17-13-7-8-16-14(18-13)19-2/h3-9H,1-2H3,(H,16,17,18). The van der Waals surface area contributed by atoms with Crippen LogP contribution in [-0.2, 0) is 0 Å². The number of allylic oxidation sites excluding steroid dienone is 1. The fourth-order valence-corrected chi connectivity index (χ4v) is 2.15. The highest BCUT2D eigenvalue weighted by Crippen LogP contribution is 2.25. The predicted octanol–water partition coefficient (Wildman–Crippen LogP) is 4.63. The zero-order valence-electron chi connectivity index (χ0n) is 10.7. The molecule has 2 aromatic rings. The molecule has 0 unspecified atom stereocenters. The second kappa shape index (κ2) is 6.59. The summed E-state index contributed by atoms with van der Waals surface area (Å²) < 4.78 is 0. The van der Waals surface area contributed by atoms with Gasteiger partial charge in [0.15, 0.2) is 5.16 Å². The van der Waals surface area contributed by atoms with Gasteiger partial charge in [0.1, 0.15) is 5.82 Å². The third kappa shape index (κ3) is 3.72. The Labute approximate surface area is 122 Å². The number of halogens is 1. The topological polar surface area (TPSA) is 37.8 Å². The first-order valence-electron chi connectivity index (χ1n) is 5.79. The molecular formula is C14H14ClN3S. The smallest absolute Gasteiger partial charge is 0.189 e. The molecule has 1 N–H and O–H groups in total. The lowest BCUT2D eigenvalue weighted by Gasteiger charge is -2.10.